The molecule has 0 aliphatic rings. The first-order valence-corrected chi connectivity index (χ1v) is 16.1. The van der Waals surface area contributed by atoms with Crippen molar-refractivity contribution in [3.05, 3.63) is 176 Å². The lowest BCUT2D eigenvalue weighted by atomic mass is 9.95. The Morgan fingerprint density at radius 2 is 1.00 bits per heavy atom. The number of hydrogen-bond acceptors (Lipinski definition) is 5. The number of aliphatic imine (C=N–C) groups is 1. The maximum atomic E-state index is 5.18. The monoisotopic (exact) mass is 631 g/mol. The second kappa shape index (κ2) is 14.4. The lowest BCUT2D eigenvalue weighted by Crippen LogP contribution is -1.97. The van der Waals surface area contributed by atoms with Crippen LogP contribution in [-0.4, -0.2) is 26.7 Å². The third-order valence-electron chi connectivity index (χ3n) is 8.13. The Kier molecular flexibility index (Phi) is 9.15. The van der Waals surface area contributed by atoms with Gasteiger partial charge in [0.15, 0.2) is 0 Å². The van der Waals surface area contributed by atoms with Crippen LogP contribution in [-0.2, 0) is 0 Å². The quantitative estimate of drug-likeness (QED) is 0.117. The topological polar surface area (TPSA) is 63.9 Å². The molecule has 234 valence electrons. The van der Waals surface area contributed by atoms with Gasteiger partial charge in [0.2, 0.25) is 0 Å². The summed E-state index contributed by atoms with van der Waals surface area (Å²) in [7, 11) is 0. The zero-order chi connectivity index (χ0) is 33.4. The molecule has 0 spiro atoms. The van der Waals surface area contributed by atoms with Gasteiger partial charge in [0.05, 0.1) is 45.6 Å². The molecule has 0 unspecified atom stereocenters. The highest BCUT2D eigenvalue weighted by atomic mass is 14.8. The van der Waals surface area contributed by atoms with E-state index in [9.17, 15) is 0 Å². The Labute approximate surface area is 286 Å². The highest BCUT2D eigenvalue weighted by molar-refractivity contribution is 5.83. The maximum Gasteiger partial charge on any atom is 0.0900 e. The molecule has 7 aromatic rings. The van der Waals surface area contributed by atoms with Gasteiger partial charge in [-0.25, -0.2) is 15.0 Å². The highest BCUT2D eigenvalue weighted by Gasteiger charge is 2.15. The second-order valence-electron chi connectivity index (χ2n) is 11.4. The highest BCUT2D eigenvalue weighted by Crippen LogP contribution is 2.35. The van der Waals surface area contributed by atoms with Crippen molar-refractivity contribution in [2.24, 2.45) is 4.99 Å². The molecule has 4 aromatic heterocycles. The smallest absolute Gasteiger partial charge is 0.0900 e. The number of allylic oxidation sites excluding steroid dienone is 3. The molecule has 3 aromatic carbocycles. The fourth-order valence-corrected chi connectivity index (χ4v) is 5.70. The fraction of sp³-hybridized carbons (Fsp3) is 0.0227. The molecule has 0 bridgehead atoms. The van der Waals surface area contributed by atoms with Crippen molar-refractivity contribution in [1.29, 1.82) is 0 Å². The molecule has 4 heterocycles. The molecule has 0 radical (unpaired) electrons. The number of hydrogen-bond donors (Lipinski definition) is 0. The van der Waals surface area contributed by atoms with Crippen molar-refractivity contribution >= 4 is 12.4 Å². The van der Waals surface area contributed by atoms with Crippen molar-refractivity contribution < 1.29 is 0 Å². The van der Waals surface area contributed by atoms with Gasteiger partial charge in [-0.05, 0) is 97.6 Å². The van der Waals surface area contributed by atoms with E-state index >= 15 is 0 Å². The summed E-state index contributed by atoms with van der Waals surface area (Å²) in [4.78, 5) is 24.4. The van der Waals surface area contributed by atoms with Crippen molar-refractivity contribution in [2.75, 3.05) is 0 Å². The minimum Gasteiger partial charge on any atom is -0.264 e. The van der Waals surface area contributed by atoms with Gasteiger partial charge in [-0.2, -0.15) is 0 Å². The van der Waals surface area contributed by atoms with Gasteiger partial charge in [0.1, 0.15) is 0 Å². The van der Waals surface area contributed by atoms with Crippen molar-refractivity contribution in [3.63, 3.8) is 0 Å². The Morgan fingerprint density at radius 1 is 0.490 bits per heavy atom. The third-order valence-corrected chi connectivity index (χ3v) is 8.13. The van der Waals surface area contributed by atoms with Gasteiger partial charge in [0.25, 0.3) is 0 Å². The predicted molar refractivity (Wildman–Crippen MR) is 203 cm³/mol. The third kappa shape index (κ3) is 7.07. The summed E-state index contributed by atoms with van der Waals surface area (Å²) in [6.45, 7) is 5.86. The van der Waals surface area contributed by atoms with Crippen LogP contribution in [0.3, 0.4) is 0 Å². The van der Waals surface area contributed by atoms with E-state index in [-0.39, 0.29) is 0 Å². The van der Waals surface area contributed by atoms with Gasteiger partial charge >= 0.3 is 0 Å². The molecule has 0 saturated carbocycles. The standard InChI is InChI=1S/C44H33N5/c1-3-4-19-37(45-2)35-26-33(27-36(28-35)38-20-11-12-25-46-38)34-29-43(41-23-13-21-39(47-41)31-15-7-5-8-16-31)49-44(30-34)42-24-14-22-40(48-42)32-17-9-6-10-18-32/h3-30H,2H2,1H3/b4-3-,37-19-. The van der Waals surface area contributed by atoms with Crippen molar-refractivity contribution in [2.45, 2.75) is 6.92 Å². The van der Waals surface area contributed by atoms with Crippen molar-refractivity contribution in [1.82, 2.24) is 19.9 Å². The van der Waals surface area contributed by atoms with E-state index in [1.165, 1.54) is 0 Å². The zero-order valence-electron chi connectivity index (χ0n) is 27.1. The Morgan fingerprint density at radius 3 is 1.55 bits per heavy atom. The molecule has 0 aliphatic carbocycles. The Bertz CT molecular complexity index is 2190. The molecule has 0 N–H and O–H groups in total. The van der Waals surface area contributed by atoms with E-state index in [0.717, 1.165) is 78.9 Å². The fourth-order valence-electron chi connectivity index (χ4n) is 5.70. The van der Waals surface area contributed by atoms with Crippen LogP contribution < -0.4 is 0 Å². The first-order valence-electron chi connectivity index (χ1n) is 16.1. The summed E-state index contributed by atoms with van der Waals surface area (Å²) in [6.07, 6.45) is 7.72. The van der Waals surface area contributed by atoms with Crippen LogP contribution in [0.1, 0.15) is 12.5 Å². The van der Waals surface area contributed by atoms with Crippen molar-refractivity contribution in [3.8, 4) is 67.7 Å². The SMILES string of the molecule is C=N/C(=C\C=C/C)c1cc(-c2cc(-c3cccc(-c4ccccc4)n3)nc(-c3cccc(-c4ccccc4)n3)c2)cc(-c2ccccn2)c1. The van der Waals surface area contributed by atoms with Gasteiger partial charge in [0, 0.05) is 28.5 Å². The van der Waals surface area contributed by atoms with E-state index in [4.69, 9.17) is 15.0 Å². The van der Waals surface area contributed by atoms with Crippen LogP contribution in [0.25, 0.3) is 73.4 Å². The van der Waals surface area contributed by atoms with Crippen LogP contribution in [0.5, 0.6) is 0 Å². The summed E-state index contributed by atoms with van der Waals surface area (Å²) in [5.41, 5.74) is 12.4. The number of pyridine rings is 4. The first kappa shape index (κ1) is 31.0. The maximum absolute atomic E-state index is 5.18. The predicted octanol–water partition coefficient (Wildman–Crippen LogP) is 10.9. The lowest BCUT2D eigenvalue weighted by molar-refractivity contribution is 1.22. The van der Waals surface area contributed by atoms with Gasteiger partial charge in [-0.1, -0.05) is 91.0 Å². The van der Waals surface area contributed by atoms with Crippen LogP contribution in [0.4, 0.5) is 0 Å². The van der Waals surface area contributed by atoms with Gasteiger partial charge in [-0.15, -0.1) is 0 Å². The van der Waals surface area contributed by atoms with E-state index in [0.29, 0.717) is 0 Å². The lowest BCUT2D eigenvalue weighted by Gasteiger charge is -2.14. The summed E-state index contributed by atoms with van der Waals surface area (Å²) in [5, 5.41) is 0. The number of aromatic nitrogens is 4. The molecule has 49 heavy (non-hydrogen) atoms. The van der Waals surface area contributed by atoms with Crippen LogP contribution in [0.15, 0.2) is 175 Å². The average Bonchev–Trinajstić information content (AvgIpc) is 3.19. The molecule has 0 saturated heterocycles. The first-order chi connectivity index (χ1) is 24.2. The van der Waals surface area contributed by atoms with E-state index in [2.05, 4.69) is 71.3 Å². The number of rotatable bonds is 9. The molecular weight excluding hydrogens is 599 g/mol. The molecule has 5 heteroatoms. The van der Waals surface area contributed by atoms with Crippen LogP contribution in [0.2, 0.25) is 0 Å². The summed E-state index contributed by atoms with van der Waals surface area (Å²) in [5.74, 6) is 0. The van der Waals surface area contributed by atoms with Gasteiger partial charge in [-0.3, -0.25) is 9.98 Å². The number of nitrogens with zero attached hydrogens (tertiary/aromatic N) is 5. The second-order valence-corrected chi connectivity index (χ2v) is 11.4. The molecular formula is C44H33N5. The van der Waals surface area contributed by atoms with E-state index < -0.39 is 0 Å². The van der Waals surface area contributed by atoms with Crippen LogP contribution >= 0.6 is 0 Å². The number of benzene rings is 3. The summed E-state index contributed by atoms with van der Waals surface area (Å²) in [6, 6.07) is 49.0. The molecule has 0 amide bonds. The minimum atomic E-state index is 0.744. The molecule has 5 nitrogen and oxygen atoms in total. The van der Waals surface area contributed by atoms with E-state index in [1.807, 2.05) is 122 Å². The molecule has 0 fully saturated rings. The van der Waals surface area contributed by atoms with Crippen LogP contribution in [0, 0.1) is 0 Å². The normalized spacial score (nSPS) is 11.5. The Hall–Kier alpha value is -6.59. The summed E-state index contributed by atoms with van der Waals surface area (Å²) < 4.78 is 0. The largest absolute Gasteiger partial charge is 0.264 e. The molecule has 0 aliphatic heterocycles. The average molecular weight is 632 g/mol. The summed E-state index contributed by atoms with van der Waals surface area (Å²) >= 11 is 0. The zero-order valence-corrected chi connectivity index (χ0v) is 27.1. The van der Waals surface area contributed by atoms with E-state index in [1.54, 1.807) is 0 Å². The molecule has 0 atom stereocenters. The van der Waals surface area contributed by atoms with Gasteiger partial charge < -0.3 is 0 Å². The Balaban J connectivity index is 1.44. The molecule has 7 rings (SSSR count). The minimum absolute atomic E-state index is 0.744.